The summed E-state index contributed by atoms with van der Waals surface area (Å²) in [6, 6.07) is 0. The van der Waals surface area contributed by atoms with E-state index in [9.17, 15) is 4.79 Å². The van der Waals surface area contributed by atoms with Gasteiger partial charge >= 0.3 is 0 Å². The van der Waals surface area contributed by atoms with E-state index in [4.69, 9.17) is 10.5 Å². The smallest absolute Gasteiger partial charge is 0.140 e. The minimum atomic E-state index is -0.111. The van der Waals surface area contributed by atoms with Gasteiger partial charge in [0.15, 0.2) is 0 Å². The van der Waals surface area contributed by atoms with Crippen LogP contribution in [-0.2, 0) is 9.53 Å². The second kappa shape index (κ2) is 5.12. The largest absolute Gasteiger partial charge is 0.500 e. The van der Waals surface area contributed by atoms with Crippen molar-refractivity contribution in [3.8, 4) is 0 Å². The maximum absolute atomic E-state index is 11.4. The van der Waals surface area contributed by atoms with Crippen molar-refractivity contribution in [1.82, 2.24) is 0 Å². The minimum absolute atomic E-state index is 0.111. The molecule has 0 fully saturated rings. The highest BCUT2D eigenvalue weighted by atomic mass is 16.5. The summed E-state index contributed by atoms with van der Waals surface area (Å²) in [5, 5.41) is 0. The van der Waals surface area contributed by atoms with E-state index >= 15 is 0 Å². The lowest BCUT2D eigenvalue weighted by Crippen LogP contribution is -2.20. The highest BCUT2D eigenvalue weighted by Gasteiger charge is 2.25. The topological polar surface area (TPSA) is 52.3 Å². The quantitative estimate of drug-likeness (QED) is 0.768. The zero-order valence-electron chi connectivity index (χ0n) is 9.67. The first-order valence-corrected chi connectivity index (χ1v) is 5.24. The van der Waals surface area contributed by atoms with Crippen molar-refractivity contribution in [1.29, 1.82) is 0 Å². The van der Waals surface area contributed by atoms with Crippen LogP contribution in [0.1, 0.15) is 26.7 Å². The molecule has 0 radical (unpaired) electrons. The summed E-state index contributed by atoms with van der Waals surface area (Å²) in [6.07, 6.45) is 3.59. The molecule has 0 aromatic heterocycles. The standard InChI is InChI=1S/C12H19NO2/c1-8-6-12(15-3)11(9(2)14)7-10(8)4-5-13/h6,11H,4-5,7,13H2,1-3H3. The van der Waals surface area contributed by atoms with E-state index in [1.165, 1.54) is 11.1 Å². The number of carbonyl (C=O) groups excluding carboxylic acids is 1. The summed E-state index contributed by atoms with van der Waals surface area (Å²) in [4.78, 5) is 11.4. The van der Waals surface area contributed by atoms with Crippen molar-refractivity contribution in [3.63, 3.8) is 0 Å². The van der Waals surface area contributed by atoms with Crippen LogP contribution in [0.2, 0.25) is 0 Å². The van der Waals surface area contributed by atoms with Crippen molar-refractivity contribution in [3.05, 3.63) is 23.0 Å². The Morgan fingerprint density at radius 3 is 2.80 bits per heavy atom. The van der Waals surface area contributed by atoms with Gasteiger partial charge in [-0.2, -0.15) is 0 Å². The van der Waals surface area contributed by atoms with Crippen LogP contribution in [0, 0.1) is 5.92 Å². The molecule has 3 heteroatoms. The molecule has 84 valence electrons. The van der Waals surface area contributed by atoms with Gasteiger partial charge in [0, 0.05) is 0 Å². The number of allylic oxidation sites excluding steroid dienone is 3. The minimum Gasteiger partial charge on any atom is -0.500 e. The predicted molar refractivity (Wildman–Crippen MR) is 60.3 cm³/mol. The monoisotopic (exact) mass is 209 g/mol. The van der Waals surface area contributed by atoms with Crippen LogP contribution < -0.4 is 5.73 Å². The average Bonchev–Trinajstić information content (AvgIpc) is 2.20. The molecular weight excluding hydrogens is 190 g/mol. The van der Waals surface area contributed by atoms with E-state index < -0.39 is 0 Å². The molecule has 1 aliphatic rings. The molecule has 0 aromatic rings. The Kier molecular flexibility index (Phi) is 4.09. The van der Waals surface area contributed by atoms with Crippen molar-refractivity contribution in [2.75, 3.05) is 13.7 Å². The molecule has 3 nitrogen and oxygen atoms in total. The molecule has 0 bridgehead atoms. The number of hydrogen-bond acceptors (Lipinski definition) is 3. The molecule has 0 aliphatic heterocycles. The second-order valence-electron chi connectivity index (χ2n) is 3.94. The Bertz CT molecular complexity index is 316. The summed E-state index contributed by atoms with van der Waals surface area (Å²) in [7, 11) is 1.61. The number of methoxy groups -OCH3 is 1. The third kappa shape index (κ3) is 2.69. The van der Waals surface area contributed by atoms with Crippen LogP contribution in [0.25, 0.3) is 0 Å². The fourth-order valence-corrected chi connectivity index (χ4v) is 1.94. The molecule has 0 amide bonds. The number of rotatable bonds is 4. The molecule has 1 atom stereocenters. The Hall–Kier alpha value is -1.09. The zero-order valence-corrected chi connectivity index (χ0v) is 9.67. The van der Waals surface area contributed by atoms with Gasteiger partial charge in [-0.3, -0.25) is 4.79 Å². The maximum atomic E-state index is 11.4. The highest BCUT2D eigenvalue weighted by Crippen LogP contribution is 2.31. The zero-order chi connectivity index (χ0) is 11.4. The second-order valence-corrected chi connectivity index (χ2v) is 3.94. The van der Waals surface area contributed by atoms with Crippen molar-refractivity contribution in [2.45, 2.75) is 26.7 Å². The lowest BCUT2D eigenvalue weighted by Gasteiger charge is -2.24. The predicted octanol–water partition coefficient (Wildman–Crippen LogP) is 1.79. The Morgan fingerprint density at radius 1 is 1.67 bits per heavy atom. The highest BCUT2D eigenvalue weighted by molar-refractivity contribution is 5.81. The van der Waals surface area contributed by atoms with E-state index in [0.29, 0.717) is 6.54 Å². The number of ether oxygens (including phenoxy) is 1. The molecule has 0 spiro atoms. The summed E-state index contributed by atoms with van der Waals surface area (Å²) in [5.74, 6) is 0.825. The number of ketones is 1. The Balaban J connectivity index is 2.94. The molecule has 0 saturated heterocycles. The third-order valence-corrected chi connectivity index (χ3v) is 2.88. The van der Waals surface area contributed by atoms with Crippen LogP contribution in [0.5, 0.6) is 0 Å². The van der Waals surface area contributed by atoms with E-state index in [-0.39, 0.29) is 11.7 Å². The molecule has 0 heterocycles. The molecule has 0 saturated carbocycles. The molecule has 2 N–H and O–H groups in total. The number of Topliss-reactive ketones (excluding diaryl/α,β-unsaturated/α-hetero) is 1. The van der Waals surface area contributed by atoms with Gasteiger partial charge in [0.1, 0.15) is 11.5 Å². The van der Waals surface area contributed by atoms with E-state index in [2.05, 4.69) is 0 Å². The van der Waals surface area contributed by atoms with Gasteiger partial charge in [-0.15, -0.1) is 0 Å². The van der Waals surface area contributed by atoms with E-state index in [0.717, 1.165) is 18.6 Å². The molecule has 15 heavy (non-hydrogen) atoms. The SMILES string of the molecule is COC1=CC(C)=C(CCN)CC1C(C)=O. The number of nitrogens with two attached hydrogens (primary N) is 1. The Morgan fingerprint density at radius 2 is 2.33 bits per heavy atom. The molecule has 1 rings (SSSR count). The Labute approximate surface area is 91.0 Å². The molecule has 1 unspecified atom stereocenters. The van der Waals surface area contributed by atoms with E-state index in [1.54, 1.807) is 14.0 Å². The fraction of sp³-hybridized carbons (Fsp3) is 0.583. The molecule has 0 aromatic carbocycles. The normalized spacial score (nSPS) is 21.3. The van der Waals surface area contributed by atoms with Crippen LogP contribution in [0.4, 0.5) is 0 Å². The summed E-state index contributed by atoms with van der Waals surface area (Å²) in [5.41, 5.74) is 8.01. The fourth-order valence-electron chi connectivity index (χ4n) is 1.94. The summed E-state index contributed by atoms with van der Waals surface area (Å²) < 4.78 is 5.24. The van der Waals surface area contributed by atoms with Crippen molar-refractivity contribution in [2.24, 2.45) is 11.7 Å². The van der Waals surface area contributed by atoms with Crippen LogP contribution in [0.15, 0.2) is 23.0 Å². The average molecular weight is 209 g/mol. The van der Waals surface area contributed by atoms with Crippen LogP contribution in [-0.4, -0.2) is 19.4 Å². The summed E-state index contributed by atoms with van der Waals surface area (Å²) in [6.45, 7) is 4.28. The molecular formula is C12H19NO2. The third-order valence-electron chi connectivity index (χ3n) is 2.88. The van der Waals surface area contributed by atoms with Gasteiger partial charge in [0.05, 0.1) is 13.0 Å². The van der Waals surface area contributed by atoms with Crippen molar-refractivity contribution < 1.29 is 9.53 Å². The van der Waals surface area contributed by atoms with Crippen LogP contribution >= 0.6 is 0 Å². The van der Waals surface area contributed by atoms with Gasteiger partial charge in [-0.1, -0.05) is 5.57 Å². The van der Waals surface area contributed by atoms with Gasteiger partial charge in [-0.05, 0) is 44.9 Å². The summed E-state index contributed by atoms with van der Waals surface area (Å²) >= 11 is 0. The number of hydrogen-bond donors (Lipinski definition) is 1. The van der Waals surface area contributed by atoms with Gasteiger partial charge < -0.3 is 10.5 Å². The lowest BCUT2D eigenvalue weighted by molar-refractivity contribution is -0.120. The van der Waals surface area contributed by atoms with Gasteiger partial charge in [0.25, 0.3) is 0 Å². The van der Waals surface area contributed by atoms with E-state index in [1.807, 2.05) is 13.0 Å². The lowest BCUT2D eigenvalue weighted by atomic mass is 9.85. The van der Waals surface area contributed by atoms with Gasteiger partial charge in [0.2, 0.25) is 0 Å². The number of carbonyl (C=O) groups is 1. The first-order chi connectivity index (χ1) is 7.10. The van der Waals surface area contributed by atoms with Gasteiger partial charge in [-0.25, -0.2) is 0 Å². The van der Waals surface area contributed by atoms with Crippen molar-refractivity contribution >= 4 is 5.78 Å². The first kappa shape index (κ1) is 12.0. The maximum Gasteiger partial charge on any atom is 0.140 e. The first-order valence-electron chi connectivity index (χ1n) is 5.24. The van der Waals surface area contributed by atoms with Crippen LogP contribution in [0.3, 0.4) is 0 Å². The molecule has 1 aliphatic carbocycles.